The molecule has 2 N–H and O–H groups in total. The van der Waals surface area contributed by atoms with Crippen molar-refractivity contribution < 1.29 is 9.59 Å². The maximum Gasteiger partial charge on any atom is 0.260 e. The van der Waals surface area contributed by atoms with Gasteiger partial charge in [-0.2, -0.15) is 0 Å². The molecule has 3 aromatic rings. The van der Waals surface area contributed by atoms with Crippen LogP contribution in [0.1, 0.15) is 11.1 Å². The van der Waals surface area contributed by atoms with Gasteiger partial charge in [-0.15, -0.1) is 11.3 Å². The summed E-state index contributed by atoms with van der Waals surface area (Å²) in [5.41, 5.74) is 2.77. The fourth-order valence-corrected chi connectivity index (χ4v) is 5.27. The van der Waals surface area contributed by atoms with E-state index in [-0.39, 0.29) is 23.1 Å². The third kappa shape index (κ3) is 5.20. The van der Waals surface area contributed by atoms with Gasteiger partial charge >= 0.3 is 0 Å². The molecule has 8 nitrogen and oxygen atoms in total. The Morgan fingerprint density at radius 3 is 2.59 bits per heavy atom. The Hall–Kier alpha value is -2.69. The second kappa shape index (κ2) is 9.85. The van der Waals surface area contributed by atoms with Crippen molar-refractivity contribution in [2.75, 3.05) is 43.8 Å². The number of aryl methyl sites for hydroxylation is 2. The van der Waals surface area contributed by atoms with Gasteiger partial charge in [-0.3, -0.25) is 19.3 Å². The number of carbonyl (C=O) groups is 2. The number of amides is 2. The van der Waals surface area contributed by atoms with E-state index in [1.54, 1.807) is 11.0 Å². The van der Waals surface area contributed by atoms with Gasteiger partial charge in [-0.25, -0.2) is 4.98 Å². The lowest BCUT2D eigenvalue weighted by Gasteiger charge is -2.34. The van der Waals surface area contributed by atoms with Crippen LogP contribution in [0.4, 0.5) is 5.69 Å². The number of para-hydroxylation sites is 1. The number of hydrogen-bond donors (Lipinski definition) is 2. The van der Waals surface area contributed by atoms with E-state index in [1.165, 1.54) is 23.1 Å². The topological polar surface area (TPSA) is 98.4 Å². The first-order valence-electron chi connectivity index (χ1n) is 10.4. The van der Waals surface area contributed by atoms with Crippen molar-refractivity contribution in [3.05, 3.63) is 51.1 Å². The summed E-state index contributed by atoms with van der Waals surface area (Å²) in [5, 5.41) is 5.87. The summed E-state index contributed by atoms with van der Waals surface area (Å²) >= 11 is 2.65. The maximum absolute atomic E-state index is 12.6. The highest BCUT2D eigenvalue weighted by Gasteiger charge is 2.23. The van der Waals surface area contributed by atoms with Gasteiger partial charge < -0.3 is 15.2 Å². The second-order valence-corrected chi connectivity index (χ2v) is 9.63. The molecule has 0 atom stereocenters. The minimum atomic E-state index is -0.181. The Kier molecular flexibility index (Phi) is 6.92. The molecule has 0 saturated carbocycles. The summed E-state index contributed by atoms with van der Waals surface area (Å²) in [7, 11) is 0. The van der Waals surface area contributed by atoms with Crippen molar-refractivity contribution in [3.63, 3.8) is 0 Å². The SMILES string of the molecule is Cc1cccc(C)c1NC(=O)CN1CCN(C(=O)CSc2nc3sccc3c(=O)[nH]2)CC1. The van der Waals surface area contributed by atoms with Crippen LogP contribution >= 0.6 is 23.1 Å². The number of thiophene rings is 1. The highest BCUT2D eigenvalue weighted by atomic mass is 32.2. The lowest BCUT2D eigenvalue weighted by molar-refractivity contribution is -0.130. The molecule has 32 heavy (non-hydrogen) atoms. The quantitative estimate of drug-likeness (QED) is 0.423. The standard InChI is InChI=1S/C22H25N5O3S2/c1-14-4-3-5-15(2)19(14)23-17(28)12-26-7-9-27(10-8-26)18(29)13-32-22-24-20(30)16-6-11-31-21(16)25-22/h3-6,11H,7-10,12-13H2,1-2H3,(H,23,28)(H,24,25,30). The van der Waals surface area contributed by atoms with Gasteiger partial charge in [0.15, 0.2) is 5.16 Å². The molecule has 1 aliphatic rings. The summed E-state index contributed by atoms with van der Waals surface area (Å²) < 4.78 is 0. The molecule has 1 saturated heterocycles. The minimum Gasteiger partial charge on any atom is -0.339 e. The van der Waals surface area contributed by atoms with Crippen LogP contribution in [0, 0.1) is 13.8 Å². The lowest BCUT2D eigenvalue weighted by Crippen LogP contribution is -2.51. The predicted molar refractivity (Wildman–Crippen MR) is 129 cm³/mol. The van der Waals surface area contributed by atoms with E-state index in [1.807, 2.05) is 37.4 Å². The van der Waals surface area contributed by atoms with Gasteiger partial charge in [0.05, 0.1) is 17.7 Å². The van der Waals surface area contributed by atoms with Gasteiger partial charge in [0, 0.05) is 31.9 Å². The fraction of sp³-hybridized carbons (Fsp3) is 0.364. The first-order valence-corrected chi connectivity index (χ1v) is 12.2. The molecular formula is C22H25N5O3S2. The number of aromatic amines is 1. The van der Waals surface area contributed by atoms with Crippen LogP contribution in [-0.4, -0.2) is 70.1 Å². The van der Waals surface area contributed by atoms with E-state index in [9.17, 15) is 14.4 Å². The Balaban J connectivity index is 1.24. The molecule has 4 rings (SSSR count). The number of hydrogen-bond acceptors (Lipinski definition) is 7. The molecule has 168 valence electrons. The number of anilines is 1. The number of thioether (sulfide) groups is 1. The van der Waals surface area contributed by atoms with Crippen LogP contribution in [0.2, 0.25) is 0 Å². The molecule has 0 bridgehead atoms. The number of benzene rings is 1. The maximum atomic E-state index is 12.6. The lowest BCUT2D eigenvalue weighted by atomic mass is 10.1. The molecule has 1 aliphatic heterocycles. The fourth-order valence-electron chi connectivity index (χ4n) is 3.68. The van der Waals surface area contributed by atoms with E-state index in [0.29, 0.717) is 48.1 Å². The molecule has 0 aliphatic carbocycles. The highest BCUT2D eigenvalue weighted by molar-refractivity contribution is 7.99. The number of nitrogens with zero attached hydrogens (tertiary/aromatic N) is 3. The van der Waals surface area contributed by atoms with Crippen LogP contribution in [0.25, 0.3) is 10.2 Å². The van der Waals surface area contributed by atoms with Crippen LogP contribution < -0.4 is 10.9 Å². The van der Waals surface area contributed by atoms with Gasteiger partial charge in [-0.1, -0.05) is 30.0 Å². The molecule has 1 fully saturated rings. The average Bonchev–Trinajstić information content (AvgIpc) is 3.25. The molecule has 2 aromatic heterocycles. The normalized spacial score (nSPS) is 14.6. The largest absolute Gasteiger partial charge is 0.339 e. The molecule has 3 heterocycles. The molecular weight excluding hydrogens is 446 g/mol. The van der Waals surface area contributed by atoms with Crippen molar-refractivity contribution >= 4 is 50.8 Å². The van der Waals surface area contributed by atoms with Crippen LogP contribution in [0.3, 0.4) is 0 Å². The number of nitrogens with one attached hydrogen (secondary N) is 2. The third-order valence-electron chi connectivity index (χ3n) is 5.48. The second-order valence-electron chi connectivity index (χ2n) is 7.77. The van der Waals surface area contributed by atoms with E-state index in [2.05, 4.69) is 20.2 Å². The first-order chi connectivity index (χ1) is 15.4. The molecule has 10 heteroatoms. The number of piperazine rings is 1. The molecule has 2 amide bonds. The molecule has 0 spiro atoms. The van der Waals surface area contributed by atoms with Crippen molar-refractivity contribution in [3.8, 4) is 0 Å². The molecule has 0 radical (unpaired) electrons. The Bertz CT molecular complexity index is 1180. The van der Waals surface area contributed by atoms with Crippen molar-refractivity contribution in [2.24, 2.45) is 0 Å². The third-order valence-corrected chi connectivity index (χ3v) is 7.15. The number of rotatable bonds is 6. The van der Waals surface area contributed by atoms with E-state index < -0.39 is 0 Å². The molecule has 0 unspecified atom stereocenters. The predicted octanol–water partition coefficient (Wildman–Crippen LogP) is 2.48. The van der Waals surface area contributed by atoms with Gasteiger partial charge in [-0.05, 0) is 36.4 Å². The zero-order valence-corrected chi connectivity index (χ0v) is 19.6. The Labute approximate surface area is 194 Å². The zero-order chi connectivity index (χ0) is 22.7. The average molecular weight is 472 g/mol. The van der Waals surface area contributed by atoms with Crippen molar-refractivity contribution in [1.29, 1.82) is 0 Å². The highest BCUT2D eigenvalue weighted by Crippen LogP contribution is 2.20. The van der Waals surface area contributed by atoms with Gasteiger partial charge in [0.1, 0.15) is 4.83 Å². The summed E-state index contributed by atoms with van der Waals surface area (Å²) in [6.07, 6.45) is 0. The summed E-state index contributed by atoms with van der Waals surface area (Å²) in [5.74, 6) is 0.174. The van der Waals surface area contributed by atoms with E-state index in [0.717, 1.165) is 16.8 Å². The zero-order valence-electron chi connectivity index (χ0n) is 18.0. The van der Waals surface area contributed by atoms with Gasteiger partial charge in [0.2, 0.25) is 11.8 Å². The number of fused-ring (bicyclic) bond motifs is 1. The molecule has 1 aromatic carbocycles. The van der Waals surface area contributed by atoms with E-state index in [4.69, 9.17) is 0 Å². The monoisotopic (exact) mass is 471 g/mol. The van der Waals surface area contributed by atoms with Crippen LogP contribution in [-0.2, 0) is 9.59 Å². The number of H-pyrrole nitrogens is 1. The Morgan fingerprint density at radius 2 is 1.88 bits per heavy atom. The first kappa shape index (κ1) is 22.5. The van der Waals surface area contributed by atoms with Crippen molar-refractivity contribution in [1.82, 2.24) is 19.8 Å². The Morgan fingerprint density at radius 1 is 1.16 bits per heavy atom. The van der Waals surface area contributed by atoms with Crippen molar-refractivity contribution in [2.45, 2.75) is 19.0 Å². The summed E-state index contributed by atoms with van der Waals surface area (Å²) in [6, 6.07) is 7.68. The number of aromatic nitrogens is 2. The number of carbonyl (C=O) groups excluding carboxylic acids is 2. The minimum absolute atomic E-state index is 0.00330. The van der Waals surface area contributed by atoms with Crippen LogP contribution in [0.15, 0.2) is 39.6 Å². The summed E-state index contributed by atoms with van der Waals surface area (Å²) in [6.45, 7) is 6.70. The van der Waals surface area contributed by atoms with Gasteiger partial charge in [0.25, 0.3) is 5.56 Å². The van der Waals surface area contributed by atoms with E-state index >= 15 is 0 Å². The summed E-state index contributed by atoms with van der Waals surface area (Å²) in [4.78, 5) is 48.8. The van der Waals surface area contributed by atoms with Crippen LogP contribution in [0.5, 0.6) is 0 Å². The smallest absolute Gasteiger partial charge is 0.260 e.